The van der Waals surface area contributed by atoms with Crippen LogP contribution in [-0.4, -0.2) is 62.9 Å². The Balaban J connectivity index is 1.61. The van der Waals surface area contributed by atoms with Crippen LogP contribution in [0.25, 0.3) is 11.2 Å². The maximum atomic E-state index is 12.4. The van der Waals surface area contributed by atoms with Crippen LogP contribution in [0.15, 0.2) is 25.0 Å². The topological polar surface area (TPSA) is 94.2 Å². The van der Waals surface area contributed by atoms with Crippen LogP contribution in [-0.2, 0) is 4.79 Å². The summed E-state index contributed by atoms with van der Waals surface area (Å²) in [6, 6.07) is 0.382. The summed E-state index contributed by atoms with van der Waals surface area (Å²) in [5.74, 6) is 0.578. The molecule has 4 rings (SSSR count). The van der Waals surface area contributed by atoms with Crippen molar-refractivity contribution in [1.82, 2.24) is 25.2 Å². The number of H-pyrrole nitrogens is 1. The Bertz CT molecular complexity index is 891. The molecule has 8 heteroatoms. The molecule has 8 nitrogen and oxygen atoms in total. The van der Waals surface area contributed by atoms with Gasteiger partial charge < -0.3 is 20.1 Å². The minimum atomic E-state index is -0.163. The van der Waals surface area contributed by atoms with Crippen LogP contribution in [0.3, 0.4) is 0 Å². The number of piperazine rings is 1. The van der Waals surface area contributed by atoms with E-state index in [4.69, 9.17) is 4.98 Å². The molecule has 2 saturated heterocycles. The van der Waals surface area contributed by atoms with Gasteiger partial charge in [-0.15, -0.1) is 0 Å². The highest BCUT2D eigenvalue weighted by molar-refractivity contribution is 6.04. The first-order chi connectivity index (χ1) is 13.0. The van der Waals surface area contributed by atoms with Gasteiger partial charge in [0.25, 0.3) is 5.91 Å². The highest BCUT2D eigenvalue weighted by atomic mass is 16.2. The van der Waals surface area contributed by atoms with Gasteiger partial charge in [-0.3, -0.25) is 9.59 Å². The molecule has 2 N–H and O–H groups in total. The number of aromatic nitrogens is 3. The zero-order valence-electron chi connectivity index (χ0n) is 15.6. The number of fused-ring (bicyclic) bond motifs is 3. The number of rotatable bonds is 4. The molecule has 142 valence electrons. The third-order valence-electron chi connectivity index (χ3n) is 5.27. The molecule has 2 aliphatic heterocycles. The summed E-state index contributed by atoms with van der Waals surface area (Å²) in [7, 11) is 0. The minimum Gasteiger partial charge on any atom is -0.351 e. The fraction of sp³-hybridized carbons (Fsp3) is 0.474. The van der Waals surface area contributed by atoms with Gasteiger partial charge >= 0.3 is 0 Å². The van der Waals surface area contributed by atoms with Gasteiger partial charge in [0.05, 0.1) is 11.8 Å². The average Bonchev–Trinajstić information content (AvgIpc) is 3.18. The van der Waals surface area contributed by atoms with Crippen LogP contribution in [0, 0.1) is 0 Å². The molecule has 2 aromatic heterocycles. The molecule has 2 aromatic rings. The maximum absolute atomic E-state index is 12.4. The molecule has 0 saturated carbocycles. The molecule has 2 atom stereocenters. The van der Waals surface area contributed by atoms with Crippen LogP contribution < -0.4 is 10.2 Å². The average molecular weight is 368 g/mol. The van der Waals surface area contributed by atoms with E-state index in [-0.39, 0.29) is 29.9 Å². The zero-order valence-corrected chi connectivity index (χ0v) is 15.6. The summed E-state index contributed by atoms with van der Waals surface area (Å²) in [6.07, 6.45) is 6.75. The van der Waals surface area contributed by atoms with Gasteiger partial charge in [0.1, 0.15) is 11.3 Å². The molecule has 27 heavy (non-hydrogen) atoms. The number of hydrogen-bond donors (Lipinski definition) is 2. The second-order valence-corrected chi connectivity index (χ2v) is 7.50. The molecule has 2 fully saturated rings. The van der Waals surface area contributed by atoms with Gasteiger partial charge in [0, 0.05) is 37.4 Å². The quantitative estimate of drug-likeness (QED) is 0.797. The van der Waals surface area contributed by atoms with Gasteiger partial charge in [-0.1, -0.05) is 6.58 Å². The van der Waals surface area contributed by atoms with E-state index in [9.17, 15) is 9.59 Å². The van der Waals surface area contributed by atoms with Crippen LogP contribution >= 0.6 is 0 Å². The van der Waals surface area contributed by atoms with Crippen LogP contribution in [0.4, 0.5) is 5.82 Å². The first kappa shape index (κ1) is 17.5. The molecule has 0 unspecified atom stereocenters. The molecule has 0 spiro atoms. The lowest BCUT2D eigenvalue weighted by Crippen LogP contribution is -2.55. The smallest absolute Gasteiger partial charge is 0.255 e. The predicted octanol–water partition coefficient (Wildman–Crippen LogP) is 1.46. The number of nitrogens with zero attached hydrogens (tertiary/aromatic N) is 4. The Morgan fingerprint density at radius 1 is 1.33 bits per heavy atom. The third-order valence-corrected chi connectivity index (χ3v) is 5.27. The Labute approximate surface area is 157 Å². The van der Waals surface area contributed by atoms with Crippen molar-refractivity contribution < 1.29 is 9.59 Å². The molecule has 2 amide bonds. The van der Waals surface area contributed by atoms with Crippen molar-refractivity contribution in [2.45, 2.75) is 44.8 Å². The van der Waals surface area contributed by atoms with E-state index in [2.05, 4.69) is 26.8 Å². The van der Waals surface area contributed by atoms with Crippen molar-refractivity contribution in [2.24, 2.45) is 0 Å². The van der Waals surface area contributed by atoms with Crippen molar-refractivity contribution in [3.8, 4) is 0 Å². The number of anilines is 1. The van der Waals surface area contributed by atoms with E-state index in [1.165, 1.54) is 6.08 Å². The summed E-state index contributed by atoms with van der Waals surface area (Å²) < 4.78 is 0. The van der Waals surface area contributed by atoms with E-state index < -0.39 is 0 Å². The monoisotopic (exact) mass is 368 g/mol. The predicted molar refractivity (Wildman–Crippen MR) is 103 cm³/mol. The van der Waals surface area contributed by atoms with Gasteiger partial charge in [-0.25, -0.2) is 9.97 Å². The second kappa shape index (κ2) is 6.68. The minimum absolute atomic E-state index is 0.00182. The van der Waals surface area contributed by atoms with E-state index in [0.29, 0.717) is 29.8 Å². The first-order valence-corrected chi connectivity index (χ1v) is 9.32. The molecule has 0 radical (unpaired) electrons. The number of amides is 2. The number of carbonyl (C=O) groups excluding carboxylic acids is 2. The van der Waals surface area contributed by atoms with Crippen molar-refractivity contribution >= 4 is 28.8 Å². The molecule has 4 heterocycles. The molecular formula is C19H24N6O2. The molecule has 2 bridgehead atoms. The van der Waals surface area contributed by atoms with Crippen molar-refractivity contribution in [3.05, 3.63) is 30.6 Å². The lowest BCUT2D eigenvalue weighted by molar-refractivity contribution is -0.129. The summed E-state index contributed by atoms with van der Waals surface area (Å²) in [5, 5.41) is 2.89. The van der Waals surface area contributed by atoms with E-state index in [0.717, 1.165) is 18.7 Å². The fourth-order valence-corrected chi connectivity index (χ4v) is 4.10. The number of hydrogen-bond acceptors (Lipinski definition) is 5. The molecule has 0 aliphatic carbocycles. The van der Waals surface area contributed by atoms with E-state index in [1.807, 2.05) is 18.7 Å². The summed E-state index contributed by atoms with van der Waals surface area (Å²) in [6.45, 7) is 8.89. The van der Waals surface area contributed by atoms with Crippen LogP contribution in [0.5, 0.6) is 0 Å². The van der Waals surface area contributed by atoms with Gasteiger partial charge in [0.2, 0.25) is 5.91 Å². The molecule has 0 aromatic carbocycles. The summed E-state index contributed by atoms with van der Waals surface area (Å²) in [5.41, 5.74) is 1.66. The number of carbonyl (C=O) groups is 2. The van der Waals surface area contributed by atoms with Gasteiger partial charge in [-0.2, -0.15) is 0 Å². The fourth-order valence-electron chi connectivity index (χ4n) is 4.10. The molecule has 2 aliphatic rings. The van der Waals surface area contributed by atoms with Crippen LogP contribution in [0.1, 0.15) is 37.0 Å². The SMILES string of the molecule is C=CC(=O)N1[C@@H]2CC[C@H]1CN(c1cnc3[nH]cc(C(=O)NC(C)C)c3n1)C2. The Morgan fingerprint density at radius 3 is 2.67 bits per heavy atom. The van der Waals surface area contributed by atoms with Crippen LogP contribution in [0.2, 0.25) is 0 Å². The summed E-state index contributed by atoms with van der Waals surface area (Å²) in [4.78, 5) is 40.8. The first-order valence-electron chi connectivity index (χ1n) is 9.32. The number of aromatic amines is 1. The Kier molecular flexibility index (Phi) is 4.33. The normalized spacial score (nSPS) is 21.7. The lowest BCUT2D eigenvalue weighted by Gasteiger charge is -2.41. The maximum Gasteiger partial charge on any atom is 0.255 e. The number of nitrogens with one attached hydrogen (secondary N) is 2. The largest absolute Gasteiger partial charge is 0.351 e. The highest BCUT2D eigenvalue weighted by Crippen LogP contribution is 2.32. The third kappa shape index (κ3) is 3.05. The Morgan fingerprint density at radius 2 is 2.04 bits per heavy atom. The van der Waals surface area contributed by atoms with Gasteiger partial charge in [0.15, 0.2) is 5.65 Å². The van der Waals surface area contributed by atoms with E-state index in [1.54, 1.807) is 12.4 Å². The van der Waals surface area contributed by atoms with Gasteiger partial charge in [-0.05, 0) is 32.8 Å². The Hall–Kier alpha value is -2.90. The zero-order chi connectivity index (χ0) is 19.1. The second-order valence-electron chi connectivity index (χ2n) is 7.50. The lowest BCUT2D eigenvalue weighted by atomic mass is 10.2. The molecular weight excluding hydrogens is 344 g/mol. The standard InChI is InChI=1S/C19H24N6O2/c1-4-16(26)25-12-5-6-13(25)10-24(9-12)15-8-21-18-17(23-15)14(7-20-18)19(27)22-11(2)3/h4,7-8,11-13H,1,5-6,9-10H2,2-3H3,(H,20,21)(H,22,27)/t12-,13+. The van der Waals surface area contributed by atoms with Crippen molar-refractivity contribution in [3.63, 3.8) is 0 Å². The van der Waals surface area contributed by atoms with Crippen molar-refractivity contribution in [2.75, 3.05) is 18.0 Å². The highest BCUT2D eigenvalue weighted by Gasteiger charge is 2.42. The van der Waals surface area contributed by atoms with Crippen molar-refractivity contribution in [1.29, 1.82) is 0 Å². The summed E-state index contributed by atoms with van der Waals surface area (Å²) >= 11 is 0. The van der Waals surface area contributed by atoms with E-state index >= 15 is 0 Å².